The molecule has 0 spiro atoms. The first kappa shape index (κ1) is 5.24. The second-order valence-corrected chi connectivity index (χ2v) is 5.20. The predicted molar refractivity (Wildman–Crippen MR) is 42.2 cm³/mol. The molecule has 44 valence electrons. The van der Waals surface area contributed by atoms with Gasteiger partial charge in [0.15, 0.2) is 0 Å². The van der Waals surface area contributed by atoms with Crippen molar-refractivity contribution in [3.05, 3.63) is 29.8 Å². The van der Waals surface area contributed by atoms with Gasteiger partial charge in [-0.05, 0) is 0 Å². The Bertz CT molecular complexity index is 255. The topological polar surface area (TPSA) is 12.4 Å². The van der Waals surface area contributed by atoms with Gasteiger partial charge in [0.2, 0.25) is 0 Å². The summed E-state index contributed by atoms with van der Waals surface area (Å²) in [5, 5.41) is 0. The number of benzene rings is 1. The average molecular weight is 178 g/mol. The summed E-state index contributed by atoms with van der Waals surface area (Å²) >= 11 is -0.628. The van der Waals surface area contributed by atoms with Gasteiger partial charge in [-0.1, -0.05) is 0 Å². The zero-order valence-corrected chi connectivity index (χ0v) is 8.01. The van der Waals surface area contributed by atoms with Crippen LogP contribution in [0.1, 0.15) is 5.56 Å². The Kier molecular flexibility index (Phi) is 1.16. The van der Waals surface area contributed by atoms with Crippen LogP contribution in [0.5, 0.6) is 0 Å². The molecule has 0 atom stereocenters. The molecule has 1 aromatic rings. The molecular formula is C7H7GeN. The first-order chi connectivity index (χ1) is 4.47. The van der Waals surface area contributed by atoms with Crippen LogP contribution < -0.4 is 4.40 Å². The first-order valence-electron chi connectivity index (χ1n) is 3.04. The number of fused-ring (bicyclic) bond motifs is 1. The quantitative estimate of drug-likeness (QED) is 0.488. The van der Waals surface area contributed by atoms with E-state index in [4.69, 9.17) is 0 Å². The van der Waals surface area contributed by atoms with Crippen LogP contribution in [-0.4, -0.2) is 21.9 Å². The number of rotatable bonds is 0. The van der Waals surface area contributed by atoms with Crippen LogP contribution in [0.15, 0.2) is 28.2 Å². The van der Waals surface area contributed by atoms with E-state index < -0.39 is 15.7 Å². The van der Waals surface area contributed by atoms with Gasteiger partial charge in [-0.25, -0.2) is 0 Å². The molecule has 0 bridgehead atoms. The third-order valence-electron chi connectivity index (χ3n) is 1.55. The summed E-state index contributed by atoms with van der Waals surface area (Å²) in [4.78, 5) is 0. The molecule has 1 heterocycles. The van der Waals surface area contributed by atoms with E-state index in [2.05, 4.69) is 28.2 Å². The summed E-state index contributed by atoms with van der Waals surface area (Å²) in [5.41, 5.74) is 1.36. The van der Waals surface area contributed by atoms with Gasteiger partial charge in [-0.3, -0.25) is 0 Å². The summed E-state index contributed by atoms with van der Waals surface area (Å²) in [7, 11) is 0. The molecule has 2 rings (SSSR count). The van der Waals surface area contributed by atoms with Crippen molar-refractivity contribution in [3.8, 4) is 0 Å². The Morgan fingerprint density at radius 2 is 2.11 bits per heavy atom. The Hall–Kier alpha value is -0.567. The molecule has 0 unspecified atom stereocenters. The summed E-state index contributed by atoms with van der Waals surface area (Å²) < 4.78 is 5.85. The minimum absolute atomic E-state index is 0.628. The van der Waals surface area contributed by atoms with Crippen molar-refractivity contribution in [1.29, 1.82) is 0 Å². The predicted octanol–water partition coefficient (Wildman–Crippen LogP) is -0.172. The number of nitrogens with zero attached hydrogens (tertiary/aromatic N) is 1. The molecule has 0 saturated heterocycles. The molecule has 0 aromatic heterocycles. The summed E-state index contributed by atoms with van der Waals surface area (Å²) in [6.45, 7) is 0. The normalized spacial score (nSPS) is 16.4. The molecule has 0 aliphatic carbocycles. The average Bonchev–Trinajstić information content (AvgIpc) is 2.33. The Balaban J connectivity index is 2.63. The van der Waals surface area contributed by atoms with E-state index in [0.29, 0.717) is 0 Å². The van der Waals surface area contributed by atoms with E-state index in [0.717, 1.165) is 0 Å². The van der Waals surface area contributed by atoms with Crippen molar-refractivity contribution >= 4 is 26.3 Å². The molecular weight excluding hydrogens is 171 g/mol. The van der Waals surface area contributed by atoms with E-state index in [-0.39, 0.29) is 0 Å². The van der Waals surface area contributed by atoms with Gasteiger partial charge >= 0.3 is 60.0 Å². The van der Waals surface area contributed by atoms with Crippen LogP contribution in [0.3, 0.4) is 0 Å². The van der Waals surface area contributed by atoms with Crippen molar-refractivity contribution in [2.75, 3.05) is 0 Å². The van der Waals surface area contributed by atoms with Crippen LogP contribution >= 0.6 is 0 Å². The van der Waals surface area contributed by atoms with Crippen LogP contribution in [0.4, 0.5) is 0 Å². The Morgan fingerprint density at radius 3 is 3.00 bits per heavy atom. The third kappa shape index (κ3) is 0.812. The molecule has 1 aliphatic heterocycles. The molecule has 0 saturated carbocycles. The first-order valence-corrected chi connectivity index (χ1v) is 5.85. The zero-order valence-electron chi connectivity index (χ0n) is 5.04. The molecule has 0 radical (unpaired) electrons. The Labute approximate surface area is 60.5 Å². The van der Waals surface area contributed by atoms with E-state index >= 15 is 0 Å². The molecule has 0 N–H and O–H groups in total. The van der Waals surface area contributed by atoms with Crippen molar-refractivity contribution in [2.45, 2.75) is 0 Å². The maximum atomic E-state index is 4.31. The van der Waals surface area contributed by atoms with E-state index in [9.17, 15) is 0 Å². The van der Waals surface area contributed by atoms with Crippen LogP contribution in [0.2, 0.25) is 0 Å². The summed E-state index contributed by atoms with van der Waals surface area (Å²) in [6, 6.07) is 8.50. The molecule has 0 amide bonds. The third-order valence-corrected chi connectivity index (χ3v) is 4.38. The second-order valence-electron chi connectivity index (χ2n) is 2.17. The van der Waals surface area contributed by atoms with Crippen molar-refractivity contribution in [1.82, 2.24) is 0 Å². The minimum atomic E-state index is -0.628. The van der Waals surface area contributed by atoms with Gasteiger partial charge in [0.1, 0.15) is 0 Å². The molecule has 9 heavy (non-hydrogen) atoms. The molecule has 1 nitrogen and oxygen atoms in total. The van der Waals surface area contributed by atoms with Gasteiger partial charge in [0, 0.05) is 0 Å². The van der Waals surface area contributed by atoms with Gasteiger partial charge in [-0.15, -0.1) is 0 Å². The van der Waals surface area contributed by atoms with Crippen LogP contribution in [0.25, 0.3) is 0 Å². The molecule has 0 fully saturated rings. The zero-order chi connectivity index (χ0) is 6.10. The standard InChI is InChI=1S/C7H7GeN/c1-2-4-7-6(3-1)5-9-8-7/h1-5H,8H2. The summed E-state index contributed by atoms with van der Waals surface area (Å²) in [5.74, 6) is 0. The molecule has 1 aliphatic rings. The van der Waals surface area contributed by atoms with Crippen molar-refractivity contribution in [3.63, 3.8) is 0 Å². The van der Waals surface area contributed by atoms with Gasteiger partial charge in [0.05, 0.1) is 0 Å². The molecule has 1 aromatic carbocycles. The Morgan fingerprint density at radius 1 is 1.22 bits per heavy atom. The fourth-order valence-corrected chi connectivity index (χ4v) is 3.39. The van der Waals surface area contributed by atoms with Crippen LogP contribution in [0, 0.1) is 0 Å². The van der Waals surface area contributed by atoms with Crippen molar-refractivity contribution < 1.29 is 0 Å². The SMILES string of the molecule is C1=[N][GeH2][c]2ccccc21. The maximum absolute atomic E-state index is 4.31. The fraction of sp³-hybridized carbons (Fsp3) is 0. The number of hydrogen-bond donors (Lipinski definition) is 0. The van der Waals surface area contributed by atoms with E-state index in [1.807, 2.05) is 6.21 Å². The van der Waals surface area contributed by atoms with Gasteiger partial charge in [-0.2, -0.15) is 0 Å². The van der Waals surface area contributed by atoms with Crippen LogP contribution in [-0.2, 0) is 0 Å². The number of hydrogen-bond acceptors (Lipinski definition) is 1. The van der Waals surface area contributed by atoms with E-state index in [1.54, 1.807) is 0 Å². The second kappa shape index (κ2) is 1.99. The molecule has 2 heteroatoms. The van der Waals surface area contributed by atoms with Crippen molar-refractivity contribution in [2.24, 2.45) is 3.95 Å². The summed E-state index contributed by atoms with van der Waals surface area (Å²) in [6.07, 6.45) is 2.01. The van der Waals surface area contributed by atoms with Gasteiger partial charge < -0.3 is 0 Å². The monoisotopic (exact) mass is 179 g/mol. The van der Waals surface area contributed by atoms with E-state index in [1.165, 1.54) is 9.96 Å². The fourth-order valence-electron chi connectivity index (χ4n) is 1.05. The van der Waals surface area contributed by atoms with Gasteiger partial charge in [0.25, 0.3) is 0 Å².